The minimum Gasteiger partial charge on any atom is -0.493 e. The minimum absolute atomic E-state index is 0.318. The van der Waals surface area contributed by atoms with Gasteiger partial charge in [0.1, 0.15) is 5.75 Å². The van der Waals surface area contributed by atoms with E-state index in [9.17, 15) is 9.59 Å². The fourth-order valence-corrected chi connectivity index (χ4v) is 2.91. The standard InChI is InChI=1S/C19H19ClN2O5/c1-3-26-15-6-4-11(9-16(15)25-2)18(23)21-22-19(24)17-10-12-8-13(20)5-7-14(12)27-17/h4-9,17H,3,10H2,1-2H3,(H,21,23)(H,22,24). The highest BCUT2D eigenvalue weighted by atomic mass is 35.5. The van der Waals surface area contributed by atoms with Crippen molar-refractivity contribution in [2.75, 3.05) is 13.7 Å². The number of halogens is 1. The van der Waals surface area contributed by atoms with E-state index in [1.807, 2.05) is 6.92 Å². The van der Waals surface area contributed by atoms with Crippen LogP contribution in [-0.2, 0) is 11.2 Å². The van der Waals surface area contributed by atoms with Crippen LogP contribution in [0.15, 0.2) is 36.4 Å². The van der Waals surface area contributed by atoms with Crippen LogP contribution in [0.3, 0.4) is 0 Å². The molecule has 0 fully saturated rings. The van der Waals surface area contributed by atoms with E-state index < -0.39 is 17.9 Å². The Morgan fingerprint density at radius 1 is 1.19 bits per heavy atom. The number of hydrogen-bond acceptors (Lipinski definition) is 5. The number of amides is 2. The maximum absolute atomic E-state index is 12.3. The van der Waals surface area contributed by atoms with Crippen molar-refractivity contribution >= 4 is 23.4 Å². The summed E-state index contributed by atoms with van der Waals surface area (Å²) in [5.74, 6) is 0.651. The number of hydrazine groups is 1. The molecular weight excluding hydrogens is 372 g/mol. The van der Waals surface area contributed by atoms with Crippen molar-refractivity contribution in [3.8, 4) is 17.2 Å². The molecule has 8 heteroatoms. The van der Waals surface area contributed by atoms with Crippen LogP contribution in [-0.4, -0.2) is 31.6 Å². The first-order chi connectivity index (χ1) is 13.0. The van der Waals surface area contributed by atoms with Crippen LogP contribution < -0.4 is 25.1 Å². The maximum Gasteiger partial charge on any atom is 0.279 e. The fourth-order valence-electron chi connectivity index (χ4n) is 2.72. The Morgan fingerprint density at radius 2 is 2.00 bits per heavy atom. The molecule has 0 aromatic heterocycles. The van der Waals surface area contributed by atoms with Gasteiger partial charge < -0.3 is 14.2 Å². The summed E-state index contributed by atoms with van der Waals surface area (Å²) >= 11 is 5.94. The first-order valence-electron chi connectivity index (χ1n) is 8.38. The fraction of sp³-hybridized carbons (Fsp3) is 0.263. The van der Waals surface area contributed by atoms with Crippen LogP contribution in [0.5, 0.6) is 17.2 Å². The first kappa shape index (κ1) is 18.8. The zero-order valence-electron chi connectivity index (χ0n) is 14.9. The van der Waals surface area contributed by atoms with Crippen molar-refractivity contribution in [1.82, 2.24) is 10.9 Å². The molecule has 1 unspecified atom stereocenters. The average molecular weight is 391 g/mol. The summed E-state index contributed by atoms with van der Waals surface area (Å²) in [5, 5.41) is 0.580. The molecule has 1 atom stereocenters. The predicted octanol–water partition coefficient (Wildman–Crippen LogP) is 2.51. The van der Waals surface area contributed by atoms with Gasteiger partial charge in [-0.2, -0.15) is 0 Å². The van der Waals surface area contributed by atoms with E-state index in [0.717, 1.165) is 5.56 Å². The summed E-state index contributed by atoms with van der Waals surface area (Å²) in [6.07, 6.45) is -0.345. The van der Waals surface area contributed by atoms with Crippen molar-refractivity contribution in [3.05, 3.63) is 52.5 Å². The molecule has 2 aromatic carbocycles. The molecule has 1 aliphatic heterocycles. The van der Waals surface area contributed by atoms with Crippen molar-refractivity contribution in [2.45, 2.75) is 19.4 Å². The molecule has 1 aliphatic rings. The van der Waals surface area contributed by atoms with E-state index in [4.69, 9.17) is 25.8 Å². The number of carbonyl (C=O) groups excluding carboxylic acids is 2. The first-order valence-corrected chi connectivity index (χ1v) is 8.75. The number of ether oxygens (including phenoxy) is 3. The summed E-state index contributed by atoms with van der Waals surface area (Å²) in [4.78, 5) is 24.6. The van der Waals surface area contributed by atoms with E-state index >= 15 is 0 Å². The Morgan fingerprint density at radius 3 is 2.74 bits per heavy atom. The molecule has 2 N–H and O–H groups in total. The number of rotatable bonds is 5. The lowest BCUT2D eigenvalue weighted by atomic mass is 10.1. The lowest BCUT2D eigenvalue weighted by Gasteiger charge is -2.13. The highest BCUT2D eigenvalue weighted by Gasteiger charge is 2.29. The number of fused-ring (bicyclic) bond motifs is 1. The molecule has 2 aromatic rings. The van der Waals surface area contributed by atoms with Gasteiger partial charge in [0.15, 0.2) is 17.6 Å². The van der Waals surface area contributed by atoms with Crippen molar-refractivity contribution in [2.24, 2.45) is 0 Å². The molecule has 0 aliphatic carbocycles. The van der Waals surface area contributed by atoms with Gasteiger partial charge in [0, 0.05) is 17.0 Å². The maximum atomic E-state index is 12.3. The quantitative estimate of drug-likeness (QED) is 0.766. The molecule has 142 valence electrons. The summed E-state index contributed by atoms with van der Waals surface area (Å²) in [7, 11) is 1.49. The smallest absolute Gasteiger partial charge is 0.279 e. The van der Waals surface area contributed by atoms with Gasteiger partial charge in [-0.05, 0) is 48.9 Å². The Kier molecular flexibility index (Phi) is 5.71. The summed E-state index contributed by atoms with van der Waals surface area (Å²) in [6, 6.07) is 9.93. The van der Waals surface area contributed by atoms with Gasteiger partial charge in [-0.3, -0.25) is 20.4 Å². The number of carbonyl (C=O) groups is 2. The Hall–Kier alpha value is -2.93. The van der Waals surface area contributed by atoms with E-state index in [1.54, 1.807) is 30.3 Å². The molecule has 27 heavy (non-hydrogen) atoms. The second-order valence-corrected chi connectivity index (χ2v) is 6.24. The number of methoxy groups -OCH3 is 1. The lowest BCUT2D eigenvalue weighted by molar-refractivity contribution is -0.128. The third-order valence-corrected chi connectivity index (χ3v) is 4.25. The molecule has 0 saturated carbocycles. The van der Waals surface area contributed by atoms with Gasteiger partial charge >= 0.3 is 0 Å². The Labute approximate surface area is 161 Å². The van der Waals surface area contributed by atoms with E-state index in [2.05, 4.69) is 10.9 Å². The minimum atomic E-state index is -0.728. The SMILES string of the molecule is CCOc1ccc(C(=O)NNC(=O)C2Cc3cc(Cl)ccc3O2)cc1OC. The Balaban J connectivity index is 1.59. The van der Waals surface area contributed by atoms with Crippen LogP contribution in [0.25, 0.3) is 0 Å². The topological polar surface area (TPSA) is 85.9 Å². The normalized spacial score (nSPS) is 14.7. The third-order valence-electron chi connectivity index (χ3n) is 4.01. The molecule has 0 bridgehead atoms. The highest BCUT2D eigenvalue weighted by molar-refractivity contribution is 6.30. The summed E-state index contributed by atoms with van der Waals surface area (Å²) < 4.78 is 16.2. The molecule has 0 radical (unpaired) electrons. The van der Waals surface area contributed by atoms with Gasteiger partial charge in [0.25, 0.3) is 11.8 Å². The van der Waals surface area contributed by atoms with Crippen LogP contribution >= 0.6 is 11.6 Å². The molecular formula is C19H19ClN2O5. The van der Waals surface area contributed by atoms with Gasteiger partial charge in [0.2, 0.25) is 0 Å². The second kappa shape index (κ2) is 8.18. The van der Waals surface area contributed by atoms with Gasteiger partial charge in [-0.15, -0.1) is 0 Å². The predicted molar refractivity (Wildman–Crippen MR) is 99.3 cm³/mol. The summed E-state index contributed by atoms with van der Waals surface area (Å²) in [6.45, 7) is 2.33. The van der Waals surface area contributed by atoms with Gasteiger partial charge in [-0.25, -0.2) is 0 Å². The van der Waals surface area contributed by atoms with Crippen LogP contribution in [0.4, 0.5) is 0 Å². The second-order valence-electron chi connectivity index (χ2n) is 5.80. The largest absolute Gasteiger partial charge is 0.493 e. The molecule has 1 heterocycles. The number of benzene rings is 2. The number of hydrogen-bond donors (Lipinski definition) is 2. The molecule has 0 saturated heterocycles. The molecule has 7 nitrogen and oxygen atoms in total. The van der Waals surface area contributed by atoms with Crippen molar-refractivity contribution in [1.29, 1.82) is 0 Å². The van der Waals surface area contributed by atoms with E-state index in [0.29, 0.717) is 40.9 Å². The summed E-state index contributed by atoms with van der Waals surface area (Å²) in [5.41, 5.74) is 5.93. The lowest BCUT2D eigenvalue weighted by Crippen LogP contribution is -2.47. The van der Waals surface area contributed by atoms with Gasteiger partial charge in [0.05, 0.1) is 13.7 Å². The van der Waals surface area contributed by atoms with Gasteiger partial charge in [-0.1, -0.05) is 11.6 Å². The highest BCUT2D eigenvalue weighted by Crippen LogP contribution is 2.31. The van der Waals surface area contributed by atoms with E-state index in [1.165, 1.54) is 13.2 Å². The van der Waals surface area contributed by atoms with Crippen molar-refractivity contribution in [3.63, 3.8) is 0 Å². The van der Waals surface area contributed by atoms with E-state index in [-0.39, 0.29) is 0 Å². The zero-order chi connectivity index (χ0) is 19.4. The molecule has 2 amide bonds. The van der Waals surface area contributed by atoms with Crippen LogP contribution in [0, 0.1) is 0 Å². The van der Waals surface area contributed by atoms with Crippen LogP contribution in [0.1, 0.15) is 22.8 Å². The average Bonchev–Trinajstić information content (AvgIpc) is 3.09. The van der Waals surface area contributed by atoms with Crippen molar-refractivity contribution < 1.29 is 23.8 Å². The molecule has 0 spiro atoms. The zero-order valence-corrected chi connectivity index (χ0v) is 15.6. The van der Waals surface area contributed by atoms with Crippen LogP contribution in [0.2, 0.25) is 5.02 Å². The molecule has 3 rings (SSSR count). The number of nitrogens with one attached hydrogen (secondary N) is 2. The monoisotopic (exact) mass is 390 g/mol. The third kappa shape index (κ3) is 4.25. The Bertz CT molecular complexity index is 871.